The first-order chi connectivity index (χ1) is 13.9. The molecule has 0 aliphatic carbocycles. The maximum Gasteiger partial charge on any atom is 0.315 e. The minimum atomic E-state index is -0.471. The average Bonchev–Trinajstić information content (AvgIpc) is 3.13. The van der Waals surface area contributed by atoms with E-state index in [9.17, 15) is 9.18 Å². The molecule has 3 rings (SSSR count). The molecule has 0 aliphatic heterocycles. The Morgan fingerprint density at radius 1 is 1.07 bits per heavy atom. The highest BCUT2D eigenvalue weighted by atomic mass is 19.1. The standard InChI is InChI=1S/C23H27FN4O/c1-16(2)18-6-4-17(5-7-18)12-13-26-23(29)27-21(22-25-14-15-28(22)3)19-8-10-20(24)11-9-19/h4-11,14-16,21H,12-13H2,1-3H3,(H2,26,27,29)/t21-/m0/s1. The van der Waals surface area contributed by atoms with Gasteiger partial charge in [-0.15, -0.1) is 0 Å². The summed E-state index contributed by atoms with van der Waals surface area (Å²) >= 11 is 0. The molecular weight excluding hydrogens is 367 g/mol. The highest BCUT2D eigenvalue weighted by Gasteiger charge is 2.20. The zero-order chi connectivity index (χ0) is 20.8. The molecule has 2 amide bonds. The lowest BCUT2D eigenvalue weighted by molar-refractivity contribution is 0.238. The summed E-state index contributed by atoms with van der Waals surface area (Å²) in [5.41, 5.74) is 3.24. The molecule has 0 saturated carbocycles. The maximum atomic E-state index is 13.3. The Bertz CT molecular complexity index is 932. The Balaban J connectivity index is 1.61. The minimum Gasteiger partial charge on any atom is -0.338 e. The molecule has 0 saturated heterocycles. The number of urea groups is 1. The number of nitrogens with one attached hydrogen (secondary N) is 2. The number of aromatic nitrogens is 2. The number of halogens is 1. The Morgan fingerprint density at radius 3 is 2.31 bits per heavy atom. The van der Waals surface area contributed by atoms with Crippen molar-refractivity contribution in [3.05, 3.63) is 89.3 Å². The fourth-order valence-corrected chi connectivity index (χ4v) is 3.18. The van der Waals surface area contributed by atoms with Crippen LogP contribution < -0.4 is 10.6 Å². The lowest BCUT2D eigenvalue weighted by atomic mass is 10.0. The van der Waals surface area contributed by atoms with E-state index in [-0.39, 0.29) is 11.8 Å². The van der Waals surface area contributed by atoms with E-state index < -0.39 is 6.04 Å². The van der Waals surface area contributed by atoms with Crippen molar-refractivity contribution >= 4 is 6.03 Å². The van der Waals surface area contributed by atoms with Gasteiger partial charge in [0, 0.05) is 26.0 Å². The molecule has 3 aromatic rings. The van der Waals surface area contributed by atoms with Crippen LogP contribution in [0.2, 0.25) is 0 Å². The number of imidazole rings is 1. The minimum absolute atomic E-state index is 0.291. The summed E-state index contributed by atoms with van der Waals surface area (Å²) in [6.07, 6.45) is 4.23. The molecule has 5 nitrogen and oxygen atoms in total. The molecule has 0 aliphatic rings. The first-order valence-corrected chi connectivity index (χ1v) is 9.80. The van der Waals surface area contributed by atoms with Crippen LogP contribution in [-0.2, 0) is 13.5 Å². The highest BCUT2D eigenvalue weighted by molar-refractivity contribution is 5.74. The summed E-state index contributed by atoms with van der Waals surface area (Å²) in [6.45, 7) is 4.85. The number of nitrogens with zero attached hydrogens (tertiary/aromatic N) is 2. The molecule has 0 fully saturated rings. The van der Waals surface area contributed by atoms with Crippen LogP contribution in [0.15, 0.2) is 60.9 Å². The van der Waals surface area contributed by atoms with Gasteiger partial charge >= 0.3 is 6.03 Å². The largest absolute Gasteiger partial charge is 0.338 e. The smallest absolute Gasteiger partial charge is 0.315 e. The third kappa shape index (κ3) is 5.44. The highest BCUT2D eigenvalue weighted by Crippen LogP contribution is 2.20. The van der Waals surface area contributed by atoms with Crippen molar-refractivity contribution in [1.82, 2.24) is 20.2 Å². The summed E-state index contributed by atoms with van der Waals surface area (Å²) in [7, 11) is 1.86. The van der Waals surface area contributed by atoms with Crippen LogP contribution in [0, 0.1) is 5.82 Å². The predicted molar refractivity (Wildman–Crippen MR) is 112 cm³/mol. The van der Waals surface area contributed by atoms with E-state index in [1.54, 1.807) is 18.3 Å². The molecule has 2 N–H and O–H groups in total. The van der Waals surface area contributed by atoms with Crippen LogP contribution in [0.3, 0.4) is 0 Å². The van der Waals surface area contributed by atoms with Crippen molar-refractivity contribution in [2.75, 3.05) is 6.54 Å². The Kier molecular flexibility index (Phi) is 6.65. The van der Waals surface area contributed by atoms with Crippen LogP contribution in [0.5, 0.6) is 0 Å². The zero-order valence-corrected chi connectivity index (χ0v) is 17.0. The van der Waals surface area contributed by atoms with Crippen LogP contribution in [0.4, 0.5) is 9.18 Å². The maximum absolute atomic E-state index is 13.3. The van der Waals surface area contributed by atoms with Gasteiger partial charge in [0.05, 0.1) is 0 Å². The van der Waals surface area contributed by atoms with Crippen LogP contribution in [-0.4, -0.2) is 22.1 Å². The van der Waals surface area contributed by atoms with Crippen molar-refractivity contribution in [2.45, 2.75) is 32.2 Å². The van der Waals surface area contributed by atoms with E-state index in [0.29, 0.717) is 18.3 Å². The van der Waals surface area contributed by atoms with Crippen LogP contribution >= 0.6 is 0 Å². The Morgan fingerprint density at radius 2 is 1.72 bits per heavy atom. The number of rotatable bonds is 7. The van der Waals surface area contributed by atoms with Crippen molar-refractivity contribution < 1.29 is 9.18 Å². The second kappa shape index (κ2) is 9.37. The molecule has 2 aromatic carbocycles. The molecule has 1 aromatic heterocycles. The topological polar surface area (TPSA) is 59.0 Å². The van der Waals surface area contributed by atoms with Gasteiger partial charge in [0.25, 0.3) is 0 Å². The summed E-state index contributed by atoms with van der Waals surface area (Å²) < 4.78 is 15.1. The molecule has 0 spiro atoms. The Hall–Kier alpha value is -3.15. The van der Waals surface area contributed by atoms with Gasteiger partial charge in [-0.3, -0.25) is 0 Å². The normalized spacial score (nSPS) is 12.0. The molecule has 0 radical (unpaired) electrons. The molecule has 6 heteroatoms. The molecule has 0 bridgehead atoms. The third-order valence-corrected chi connectivity index (χ3v) is 4.94. The number of hydrogen-bond donors (Lipinski definition) is 2. The van der Waals surface area contributed by atoms with E-state index in [0.717, 1.165) is 12.0 Å². The van der Waals surface area contributed by atoms with E-state index in [4.69, 9.17) is 0 Å². The fraction of sp³-hybridized carbons (Fsp3) is 0.304. The van der Waals surface area contributed by atoms with Gasteiger partial charge in [-0.25, -0.2) is 14.2 Å². The lowest BCUT2D eigenvalue weighted by Crippen LogP contribution is -2.40. The predicted octanol–water partition coefficient (Wildman–Crippen LogP) is 4.31. The third-order valence-electron chi connectivity index (χ3n) is 4.94. The molecule has 1 heterocycles. The number of carbonyl (C=O) groups is 1. The first-order valence-electron chi connectivity index (χ1n) is 9.80. The van der Waals surface area contributed by atoms with Gasteiger partial charge in [0.1, 0.15) is 17.7 Å². The number of carbonyl (C=O) groups excluding carboxylic acids is 1. The van der Waals surface area contributed by atoms with Crippen molar-refractivity contribution in [2.24, 2.45) is 7.05 Å². The summed E-state index contributed by atoms with van der Waals surface area (Å²) in [5, 5.41) is 5.85. The van der Waals surface area contributed by atoms with E-state index >= 15 is 0 Å². The van der Waals surface area contributed by atoms with Crippen LogP contribution in [0.1, 0.15) is 48.3 Å². The molecule has 29 heavy (non-hydrogen) atoms. The van der Waals surface area contributed by atoms with Gasteiger partial charge in [-0.05, 0) is 41.2 Å². The van der Waals surface area contributed by atoms with Crippen LogP contribution in [0.25, 0.3) is 0 Å². The second-order valence-corrected chi connectivity index (χ2v) is 7.43. The zero-order valence-electron chi connectivity index (χ0n) is 17.0. The van der Waals surface area contributed by atoms with Crippen molar-refractivity contribution in [3.63, 3.8) is 0 Å². The molecule has 0 unspecified atom stereocenters. The van der Waals surface area contributed by atoms with Crippen molar-refractivity contribution in [3.8, 4) is 0 Å². The number of hydrogen-bond acceptors (Lipinski definition) is 2. The molecular formula is C23H27FN4O. The second-order valence-electron chi connectivity index (χ2n) is 7.43. The molecule has 1 atom stereocenters. The van der Waals surface area contributed by atoms with E-state index in [2.05, 4.69) is 53.7 Å². The van der Waals surface area contributed by atoms with Crippen molar-refractivity contribution in [1.29, 1.82) is 0 Å². The van der Waals surface area contributed by atoms with E-state index in [1.165, 1.54) is 23.3 Å². The van der Waals surface area contributed by atoms with Gasteiger partial charge in [-0.2, -0.15) is 0 Å². The van der Waals surface area contributed by atoms with E-state index in [1.807, 2.05) is 17.8 Å². The van der Waals surface area contributed by atoms with Gasteiger partial charge in [0.15, 0.2) is 0 Å². The number of benzene rings is 2. The lowest BCUT2D eigenvalue weighted by Gasteiger charge is -2.19. The average molecular weight is 394 g/mol. The number of aryl methyl sites for hydroxylation is 1. The van der Waals surface area contributed by atoms with Gasteiger partial charge in [-0.1, -0.05) is 50.2 Å². The fourth-order valence-electron chi connectivity index (χ4n) is 3.18. The SMILES string of the molecule is CC(C)c1ccc(CCNC(=O)N[C@@H](c2ccc(F)cc2)c2nccn2C)cc1. The monoisotopic (exact) mass is 394 g/mol. The summed E-state index contributed by atoms with van der Waals surface area (Å²) in [5.74, 6) is 0.860. The van der Waals surface area contributed by atoms with Gasteiger partial charge < -0.3 is 15.2 Å². The first kappa shape index (κ1) is 20.6. The summed E-state index contributed by atoms with van der Waals surface area (Å²) in [6, 6.07) is 13.8. The quantitative estimate of drug-likeness (QED) is 0.627. The summed E-state index contributed by atoms with van der Waals surface area (Å²) in [4.78, 5) is 16.8. The van der Waals surface area contributed by atoms with Gasteiger partial charge in [0.2, 0.25) is 0 Å². The number of amides is 2. The molecule has 152 valence electrons. The Labute approximate surface area is 171 Å².